The van der Waals surface area contributed by atoms with E-state index in [1.54, 1.807) is 13.3 Å². The van der Waals surface area contributed by atoms with Crippen LogP contribution in [0.25, 0.3) is 0 Å². The van der Waals surface area contributed by atoms with Gasteiger partial charge in [-0.15, -0.1) is 0 Å². The largest absolute Gasteiger partial charge is 0.481 e. The number of aliphatic hydroxyl groups excluding tert-OH is 1. The van der Waals surface area contributed by atoms with Gasteiger partial charge in [-0.2, -0.15) is 0 Å². The molecule has 0 aromatic carbocycles. The van der Waals surface area contributed by atoms with Crippen LogP contribution in [0.5, 0.6) is 5.88 Å². The van der Waals surface area contributed by atoms with E-state index >= 15 is 0 Å². The number of hydrogen-bond donors (Lipinski definition) is 2. The number of ether oxygens (including phenoxy) is 1. The molecule has 1 heterocycles. The Labute approximate surface area is 95.7 Å². The van der Waals surface area contributed by atoms with Gasteiger partial charge in [0.1, 0.15) is 0 Å². The minimum absolute atomic E-state index is 0.189. The Kier molecular flexibility index (Phi) is 3.74. The van der Waals surface area contributed by atoms with E-state index in [1.807, 2.05) is 12.1 Å². The molecule has 1 aliphatic rings. The second kappa shape index (κ2) is 5.27. The van der Waals surface area contributed by atoms with Crippen molar-refractivity contribution in [3.63, 3.8) is 0 Å². The molecule has 0 spiro atoms. The molecule has 2 unspecified atom stereocenters. The fourth-order valence-corrected chi connectivity index (χ4v) is 2.06. The molecule has 16 heavy (non-hydrogen) atoms. The first-order valence-electron chi connectivity index (χ1n) is 5.70. The Morgan fingerprint density at radius 3 is 2.94 bits per heavy atom. The van der Waals surface area contributed by atoms with Gasteiger partial charge in [0.05, 0.1) is 13.2 Å². The highest BCUT2D eigenvalue weighted by atomic mass is 16.5. The second-order valence-electron chi connectivity index (χ2n) is 4.19. The molecule has 0 amide bonds. The molecule has 1 aromatic rings. The van der Waals surface area contributed by atoms with Crippen LogP contribution in [-0.2, 0) is 6.54 Å². The number of hydrogen-bond acceptors (Lipinski definition) is 4. The molecule has 0 bridgehead atoms. The molecule has 4 nitrogen and oxygen atoms in total. The van der Waals surface area contributed by atoms with Crippen molar-refractivity contribution in [2.45, 2.75) is 38.0 Å². The van der Waals surface area contributed by atoms with Crippen molar-refractivity contribution in [3.8, 4) is 5.88 Å². The van der Waals surface area contributed by atoms with Crippen molar-refractivity contribution in [2.24, 2.45) is 0 Å². The Bertz CT molecular complexity index is 326. The lowest BCUT2D eigenvalue weighted by Crippen LogP contribution is -2.35. The van der Waals surface area contributed by atoms with Crippen LogP contribution >= 0.6 is 0 Å². The average molecular weight is 222 g/mol. The molecule has 1 fully saturated rings. The average Bonchev–Trinajstić information content (AvgIpc) is 2.73. The van der Waals surface area contributed by atoms with E-state index in [0.717, 1.165) is 31.4 Å². The number of aliphatic hydroxyl groups is 1. The molecular formula is C12H18N2O2. The maximum absolute atomic E-state index is 9.65. The van der Waals surface area contributed by atoms with Crippen LogP contribution < -0.4 is 10.1 Å². The Morgan fingerprint density at radius 1 is 1.50 bits per heavy atom. The fraction of sp³-hybridized carbons (Fsp3) is 0.583. The summed E-state index contributed by atoms with van der Waals surface area (Å²) in [4.78, 5) is 4.14. The molecule has 88 valence electrons. The van der Waals surface area contributed by atoms with E-state index in [1.165, 1.54) is 0 Å². The Morgan fingerprint density at radius 2 is 2.38 bits per heavy atom. The van der Waals surface area contributed by atoms with Crippen molar-refractivity contribution in [2.75, 3.05) is 7.11 Å². The topological polar surface area (TPSA) is 54.4 Å². The number of nitrogens with one attached hydrogen (secondary N) is 1. The summed E-state index contributed by atoms with van der Waals surface area (Å²) in [6.45, 7) is 0.749. The third-order valence-electron chi connectivity index (χ3n) is 3.05. The van der Waals surface area contributed by atoms with E-state index in [0.29, 0.717) is 5.88 Å². The highest BCUT2D eigenvalue weighted by molar-refractivity contribution is 5.17. The van der Waals surface area contributed by atoms with E-state index in [4.69, 9.17) is 4.74 Å². The van der Waals surface area contributed by atoms with Crippen molar-refractivity contribution >= 4 is 0 Å². The van der Waals surface area contributed by atoms with E-state index in [2.05, 4.69) is 10.3 Å². The summed E-state index contributed by atoms with van der Waals surface area (Å²) >= 11 is 0. The first-order chi connectivity index (χ1) is 7.79. The highest BCUT2D eigenvalue weighted by Gasteiger charge is 2.24. The number of methoxy groups -OCH3 is 1. The number of nitrogens with zero attached hydrogens (tertiary/aromatic N) is 1. The SMILES string of the molecule is COc1ccc(CNC2CCCC2O)cn1. The highest BCUT2D eigenvalue weighted by Crippen LogP contribution is 2.19. The summed E-state index contributed by atoms with van der Waals surface area (Å²) in [5.74, 6) is 0.629. The Hall–Kier alpha value is -1.13. The molecule has 2 atom stereocenters. The molecule has 1 saturated carbocycles. The van der Waals surface area contributed by atoms with Gasteiger partial charge in [0.2, 0.25) is 5.88 Å². The van der Waals surface area contributed by atoms with Gasteiger partial charge in [0, 0.05) is 24.8 Å². The molecule has 1 aliphatic carbocycles. The van der Waals surface area contributed by atoms with Gasteiger partial charge in [0.25, 0.3) is 0 Å². The summed E-state index contributed by atoms with van der Waals surface area (Å²) in [6.07, 6.45) is 4.70. The number of rotatable bonds is 4. The van der Waals surface area contributed by atoms with Crippen LogP contribution in [0.4, 0.5) is 0 Å². The summed E-state index contributed by atoms with van der Waals surface area (Å²) in [5.41, 5.74) is 1.11. The molecule has 2 N–H and O–H groups in total. The maximum Gasteiger partial charge on any atom is 0.212 e. The zero-order valence-electron chi connectivity index (χ0n) is 9.52. The molecular weight excluding hydrogens is 204 g/mol. The predicted octanol–water partition coefficient (Wildman–Crippen LogP) is 1.09. The van der Waals surface area contributed by atoms with Crippen molar-refractivity contribution in [1.82, 2.24) is 10.3 Å². The van der Waals surface area contributed by atoms with Crippen molar-refractivity contribution in [3.05, 3.63) is 23.9 Å². The summed E-state index contributed by atoms with van der Waals surface area (Å²) in [7, 11) is 1.61. The summed E-state index contributed by atoms with van der Waals surface area (Å²) in [5, 5.41) is 13.0. The molecule has 0 aliphatic heterocycles. The minimum atomic E-state index is -0.189. The molecule has 0 saturated heterocycles. The van der Waals surface area contributed by atoms with Gasteiger partial charge in [-0.25, -0.2) is 4.98 Å². The van der Waals surface area contributed by atoms with Gasteiger partial charge in [-0.05, 0) is 24.8 Å². The van der Waals surface area contributed by atoms with Crippen molar-refractivity contribution in [1.29, 1.82) is 0 Å². The molecule has 4 heteroatoms. The van der Waals surface area contributed by atoms with Gasteiger partial charge in [-0.1, -0.05) is 6.07 Å². The molecule has 0 radical (unpaired) electrons. The van der Waals surface area contributed by atoms with E-state index in [9.17, 15) is 5.11 Å². The van der Waals surface area contributed by atoms with E-state index in [-0.39, 0.29) is 12.1 Å². The standard InChI is InChI=1S/C12H18N2O2/c1-16-12-6-5-9(8-14-12)7-13-10-3-2-4-11(10)15/h5-6,8,10-11,13,15H,2-4,7H2,1H3. The Balaban J connectivity index is 1.84. The third kappa shape index (κ3) is 2.71. The zero-order chi connectivity index (χ0) is 11.4. The fourth-order valence-electron chi connectivity index (χ4n) is 2.06. The monoisotopic (exact) mass is 222 g/mol. The van der Waals surface area contributed by atoms with Crippen LogP contribution in [0, 0.1) is 0 Å². The van der Waals surface area contributed by atoms with Crippen molar-refractivity contribution < 1.29 is 9.84 Å². The van der Waals surface area contributed by atoms with Gasteiger partial charge < -0.3 is 15.2 Å². The van der Waals surface area contributed by atoms with Crippen LogP contribution in [0.2, 0.25) is 0 Å². The smallest absolute Gasteiger partial charge is 0.212 e. The maximum atomic E-state index is 9.65. The lowest BCUT2D eigenvalue weighted by Gasteiger charge is -2.16. The quantitative estimate of drug-likeness (QED) is 0.801. The number of aromatic nitrogens is 1. The lowest BCUT2D eigenvalue weighted by atomic mass is 10.2. The van der Waals surface area contributed by atoms with Gasteiger partial charge in [-0.3, -0.25) is 0 Å². The number of pyridine rings is 1. The first-order valence-corrected chi connectivity index (χ1v) is 5.70. The summed E-state index contributed by atoms with van der Waals surface area (Å²) < 4.78 is 4.99. The lowest BCUT2D eigenvalue weighted by molar-refractivity contribution is 0.148. The van der Waals surface area contributed by atoms with Gasteiger partial charge >= 0.3 is 0 Å². The molecule has 1 aromatic heterocycles. The minimum Gasteiger partial charge on any atom is -0.481 e. The predicted molar refractivity (Wildman–Crippen MR) is 61.3 cm³/mol. The summed E-state index contributed by atoms with van der Waals surface area (Å²) in [6, 6.07) is 4.07. The van der Waals surface area contributed by atoms with Crippen LogP contribution in [0.15, 0.2) is 18.3 Å². The van der Waals surface area contributed by atoms with Crippen LogP contribution in [0.1, 0.15) is 24.8 Å². The van der Waals surface area contributed by atoms with Gasteiger partial charge in [0.15, 0.2) is 0 Å². The van der Waals surface area contributed by atoms with Crippen LogP contribution in [-0.4, -0.2) is 29.3 Å². The van der Waals surface area contributed by atoms with Crippen LogP contribution in [0.3, 0.4) is 0 Å². The second-order valence-corrected chi connectivity index (χ2v) is 4.19. The third-order valence-corrected chi connectivity index (χ3v) is 3.05. The first kappa shape index (κ1) is 11.4. The normalized spacial score (nSPS) is 24.6. The zero-order valence-corrected chi connectivity index (χ0v) is 9.52. The van der Waals surface area contributed by atoms with E-state index < -0.39 is 0 Å². The molecule has 2 rings (SSSR count).